The second-order valence-electron chi connectivity index (χ2n) is 7.02. The molecule has 0 aliphatic rings. The Hall–Kier alpha value is -4.33. The quantitative estimate of drug-likeness (QED) is 0.439. The maximum absolute atomic E-state index is 13.1. The first kappa shape index (κ1) is 18.7. The smallest absolute Gasteiger partial charge is 0.259 e. The Labute approximate surface area is 177 Å². The molecule has 0 atom stereocenters. The van der Waals surface area contributed by atoms with Crippen molar-refractivity contribution >= 4 is 11.6 Å². The lowest BCUT2D eigenvalue weighted by molar-refractivity contribution is 0.0775. The summed E-state index contributed by atoms with van der Waals surface area (Å²) in [6.45, 7) is 0.175. The molecule has 0 spiro atoms. The van der Waals surface area contributed by atoms with Crippen molar-refractivity contribution in [3.05, 3.63) is 90.6 Å². The van der Waals surface area contributed by atoms with Gasteiger partial charge in [-0.3, -0.25) is 4.79 Å². The Bertz CT molecular complexity index is 1340. The van der Waals surface area contributed by atoms with Crippen LogP contribution in [0, 0.1) is 0 Å². The minimum absolute atomic E-state index is 0.175. The third-order valence-corrected chi connectivity index (χ3v) is 4.91. The molecule has 31 heavy (non-hydrogen) atoms. The topological polar surface area (TPSA) is 89.4 Å². The van der Waals surface area contributed by atoms with Crippen LogP contribution in [0.5, 0.6) is 0 Å². The Kier molecular flexibility index (Phi) is 4.72. The fourth-order valence-corrected chi connectivity index (χ4v) is 3.37. The number of hydrogen-bond acceptors (Lipinski definition) is 6. The third-order valence-electron chi connectivity index (χ3n) is 4.91. The minimum Gasteiger partial charge on any atom is -0.419 e. The number of aromatic nitrogens is 5. The van der Waals surface area contributed by atoms with Crippen LogP contribution in [0.4, 0.5) is 0 Å². The van der Waals surface area contributed by atoms with Gasteiger partial charge in [0.05, 0.1) is 18.4 Å². The summed E-state index contributed by atoms with van der Waals surface area (Å²) in [6, 6.07) is 21.2. The first-order valence-corrected chi connectivity index (χ1v) is 9.72. The lowest BCUT2D eigenvalue weighted by Crippen LogP contribution is -2.26. The van der Waals surface area contributed by atoms with Crippen molar-refractivity contribution in [2.45, 2.75) is 6.54 Å². The second-order valence-corrected chi connectivity index (χ2v) is 7.02. The molecule has 8 heteroatoms. The van der Waals surface area contributed by atoms with E-state index >= 15 is 0 Å². The van der Waals surface area contributed by atoms with Gasteiger partial charge in [-0.25, -0.2) is 9.50 Å². The zero-order valence-corrected chi connectivity index (χ0v) is 16.7. The third kappa shape index (κ3) is 3.55. The first-order chi connectivity index (χ1) is 15.2. The number of carbonyl (C=O) groups excluding carboxylic acids is 1. The zero-order chi connectivity index (χ0) is 21.2. The number of nitrogens with zero attached hydrogens (tertiary/aromatic N) is 6. The van der Waals surface area contributed by atoms with Gasteiger partial charge >= 0.3 is 0 Å². The Balaban J connectivity index is 1.40. The molecule has 152 valence electrons. The molecule has 1 amide bonds. The molecule has 0 fully saturated rings. The molecular weight excluding hydrogens is 392 g/mol. The van der Waals surface area contributed by atoms with Gasteiger partial charge in [0.25, 0.3) is 5.91 Å². The largest absolute Gasteiger partial charge is 0.419 e. The molecule has 2 aromatic carbocycles. The van der Waals surface area contributed by atoms with Crippen LogP contribution in [-0.4, -0.2) is 42.7 Å². The van der Waals surface area contributed by atoms with Gasteiger partial charge in [-0.15, -0.1) is 10.2 Å². The predicted molar refractivity (Wildman–Crippen MR) is 114 cm³/mol. The normalized spacial score (nSPS) is 11.0. The van der Waals surface area contributed by atoms with Crippen LogP contribution in [0.1, 0.15) is 16.2 Å². The molecular formula is C23H18N6O2. The van der Waals surface area contributed by atoms with Crippen LogP contribution >= 0.6 is 0 Å². The van der Waals surface area contributed by atoms with Crippen molar-refractivity contribution in [1.82, 2.24) is 29.7 Å². The van der Waals surface area contributed by atoms with E-state index in [1.54, 1.807) is 17.8 Å². The van der Waals surface area contributed by atoms with Crippen molar-refractivity contribution in [3.8, 4) is 22.7 Å². The maximum atomic E-state index is 13.1. The molecule has 8 nitrogen and oxygen atoms in total. The summed E-state index contributed by atoms with van der Waals surface area (Å²) >= 11 is 0. The number of carbonyl (C=O) groups is 1. The molecule has 3 aromatic heterocycles. The fourth-order valence-electron chi connectivity index (χ4n) is 3.37. The average Bonchev–Trinajstić information content (AvgIpc) is 3.47. The molecule has 0 bridgehead atoms. The SMILES string of the molecule is CN(Cc1nnc(-c2ccccc2)o1)C(=O)c1cnn2c(-c3ccccc3)ccnc12. The van der Waals surface area contributed by atoms with Crippen LogP contribution in [-0.2, 0) is 6.54 Å². The first-order valence-electron chi connectivity index (χ1n) is 9.72. The summed E-state index contributed by atoms with van der Waals surface area (Å²) < 4.78 is 7.40. The number of rotatable bonds is 5. The van der Waals surface area contributed by atoms with E-state index in [0.717, 1.165) is 16.8 Å². The predicted octanol–water partition coefficient (Wildman–Crippen LogP) is 3.72. The highest BCUT2D eigenvalue weighted by Gasteiger charge is 2.21. The highest BCUT2D eigenvalue weighted by atomic mass is 16.4. The van der Waals surface area contributed by atoms with Gasteiger partial charge in [0.15, 0.2) is 5.65 Å². The van der Waals surface area contributed by atoms with Crippen LogP contribution in [0.2, 0.25) is 0 Å². The number of hydrogen-bond donors (Lipinski definition) is 0. The summed E-state index contributed by atoms with van der Waals surface area (Å²) in [6.07, 6.45) is 3.22. The number of amides is 1. The standard InChI is InChI=1S/C23H18N6O2/c1-28(15-20-26-27-22(31-20)17-10-6-3-7-11-17)23(30)18-14-25-29-19(12-13-24-21(18)29)16-8-4-2-5-9-16/h2-14H,15H2,1H3. The summed E-state index contributed by atoms with van der Waals surface area (Å²) in [4.78, 5) is 19.0. The maximum Gasteiger partial charge on any atom is 0.259 e. The van der Waals surface area contributed by atoms with Crippen LogP contribution in [0.15, 0.2) is 83.5 Å². The lowest BCUT2D eigenvalue weighted by Gasteiger charge is -2.13. The number of benzene rings is 2. The average molecular weight is 410 g/mol. The van der Waals surface area contributed by atoms with Crippen LogP contribution in [0.3, 0.4) is 0 Å². The molecule has 0 unspecified atom stereocenters. The molecule has 5 aromatic rings. The van der Waals surface area contributed by atoms with Gasteiger partial charge in [0.1, 0.15) is 5.56 Å². The Morgan fingerprint density at radius 2 is 1.68 bits per heavy atom. The van der Waals surface area contributed by atoms with Gasteiger partial charge in [-0.05, 0) is 18.2 Å². The molecule has 0 aliphatic heterocycles. The Morgan fingerprint density at radius 1 is 0.968 bits per heavy atom. The molecule has 5 rings (SSSR count). The van der Waals surface area contributed by atoms with E-state index < -0.39 is 0 Å². The van der Waals surface area contributed by atoms with E-state index in [2.05, 4.69) is 20.3 Å². The van der Waals surface area contributed by atoms with E-state index in [1.165, 1.54) is 11.1 Å². The van der Waals surface area contributed by atoms with E-state index in [-0.39, 0.29) is 12.5 Å². The van der Waals surface area contributed by atoms with Crippen LogP contribution < -0.4 is 0 Å². The highest BCUT2D eigenvalue weighted by Crippen LogP contribution is 2.22. The molecule has 0 saturated carbocycles. The van der Waals surface area contributed by atoms with Crippen molar-refractivity contribution in [2.75, 3.05) is 7.05 Å². The molecule has 0 radical (unpaired) electrons. The van der Waals surface area contributed by atoms with Gasteiger partial charge in [-0.2, -0.15) is 5.10 Å². The summed E-state index contributed by atoms with van der Waals surface area (Å²) in [7, 11) is 1.68. The van der Waals surface area contributed by atoms with Gasteiger partial charge < -0.3 is 9.32 Å². The van der Waals surface area contributed by atoms with Crippen molar-refractivity contribution in [3.63, 3.8) is 0 Å². The highest BCUT2D eigenvalue weighted by molar-refractivity contribution is 5.99. The number of fused-ring (bicyclic) bond motifs is 1. The molecule has 3 heterocycles. The summed E-state index contributed by atoms with van der Waals surface area (Å²) in [5, 5.41) is 12.5. The molecule has 0 saturated heterocycles. The monoisotopic (exact) mass is 410 g/mol. The van der Waals surface area contributed by atoms with Gasteiger partial charge in [0, 0.05) is 24.4 Å². The lowest BCUT2D eigenvalue weighted by atomic mass is 10.1. The molecule has 0 aliphatic carbocycles. The van der Waals surface area contributed by atoms with E-state index in [4.69, 9.17) is 4.42 Å². The van der Waals surface area contributed by atoms with Crippen molar-refractivity contribution in [1.29, 1.82) is 0 Å². The Morgan fingerprint density at radius 3 is 2.42 bits per heavy atom. The molecule has 0 N–H and O–H groups in total. The summed E-state index contributed by atoms with van der Waals surface area (Å²) in [5.41, 5.74) is 3.58. The fraction of sp³-hybridized carbons (Fsp3) is 0.0870. The van der Waals surface area contributed by atoms with Crippen molar-refractivity contribution in [2.24, 2.45) is 0 Å². The van der Waals surface area contributed by atoms with E-state index in [9.17, 15) is 4.79 Å². The van der Waals surface area contributed by atoms with Gasteiger partial charge in [-0.1, -0.05) is 48.5 Å². The minimum atomic E-state index is -0.229. The zero-order valence-electron chi connectivity index (χ0n) is 16.7. The van der Waals surface area contributed by atoms with E-state index in [1.807, 2.05) is 66.7 Å². The van der Waals surface area contributed by atoms with Gasteiger partial charge in [0.2, 0.25) is 11.8 Å². The van der Waals surface area contributed by atoms with Crippen molar-refractivity contribution < 1.29 is 9.21 Å². The van der Waals surface area contributed by atoms with E-state index in [0.29, 0.717) is 23.0 Å². The van der Waals surface area contributed by atoms with Crippen LogP contribution in [0.25, 0.3) is 28.4 Å². The summed E-state index contributed by atoms with van der Waals surface area (Å²) in [5.74, 6) is 0.540. The second kappa shape index (κ2) is 7.83.